The molecule has 0 spiro atoms. The summed E-state index contributed by atoms with van der Waals surface area (Å²) in [5, 5.41) is 3.56. The van der Waals surface area contributed by atoms with E-state index in [1.165, 1.54) is 27.9 Å². The van der Waals surface area contributed by atoms with Gasteiger partial charge in [-0.25, -0.2) is 0 Å². The van der Waals surface area contributed by atoms with Gasteiger partial charge in [-0.2, -0.15) is 0 Å². The van der Waals surface area contributed by atoms with E-state index in [0.717, 1.165) is 32.6 Å². The van der Waals surface area contributed by atoms with Crippen molar-refractivity contribution in [3.8, 4) is 0 Å². The van der Waals surface area contributed by atoms with E-state index < -0.39 is 0 Å². The van der Waals surface area contributed by atoms with E-state index in [2.05, 4.69) is 66.5 Å². The van der Waals surface area contributed by atoms with Crippen molar-refractivity contribution in [3.63, 3.8) is 0 Å². The lowest BCUT2D eigenvalue weighted by molar-refractivity contribution is 0.300. The third-order valence-corrected chi connectivity index (χ3v) is 4.44. The Morgan fingerprint density at radius 1 is 1.00 bits per heavy atom. The number of benzene rings is 2. The van der Waals surface area contributed by atoms with E-state index in [0.29, 0.717) is 0 Å². The van der Waals surface area contributed by atoms with Gasteiger partial charge >= 0.3 is 0 Å². The molecule has 0 atom stereocenters. The van der Waals surface area contributed by atoms with Gasteiger partial charge in [0.25, 0.3) is 0 Å². The highest BCUT2D eigenvalue weighted by Crippen LogP contribution is 2.26. The predicted molar refractivity (Wildman–Crippen MR) is 89.4 cm³/mol. The number of nitrogens with one attached hydrogen (secondary N) is 1. The van der Waals surface area contributed by atoms with Crippen LogP contribution in [0.25, 0.3) is 0 Å². The fraction of sp³-hybridized carbons (Fsp3) is 0.368. The Morgan fingerprint density at radius 2 is 1.81 bits per heavy atom. The van der Waals surface area contributed by atoms with Crippen molar-refractivity contribution < 1.29 is 0 Å². The van der Waals surface area contributed by atoms with Crippen LogP contribution in [0.5, 0.6) is 0 Å². The van der Waals surface area contributed by atoms with E-state index in [1.54, 1.807) is 0 Å². The second-order valence-corrected chi connectivity index (χ2v) is 5.76. The molecule has 1 N–H and O–H groups in total. The number of aryl methyl sites for hydroxylation is 1. The molecule has 2 heteroatoms. The Balaban J connectivity index is 1.70. The number of rotatable bonds is 5. The molecule has 0 amide bonds. The Bertz CT molecular complexity index is 601. The van der Waals surface area contributed by atoms with Gasteiger partial charge in [0.05, 0.1) is 0 Å². The van der Waals surface area contributed by atoms with E-state index in [-0.39, 0.29) is 0 Å². The summed E-state index contributed by atoms with van der Waals surface area (Å²) in [6, 6.07) is 15.5. The first-order valence-electron chi connectivity index (χ1n) is 7.95. The van der Waals surface area contributed by atoms with Crippen LogP contribution in [0.4, 0.5) is 5.69 Å². The van der Waals surface area contributed by atoms with Crippen LogP contribution >= 0.6 is 0 Å². The number of nitrogens with zero attached hydrogens (tertiary/aromatic N) is 1. The quantitative estimate of drug-likeness (QED) is 0.883. The van der Waals surface area contributed by atoms with Crippen LogP contribution in [0, 0.1) is 0 Å². The fourth-order valence-electron chi connectivity index (χ4n) is 3.00. The first kappa shape index (κ1) is 14.2. The predicted octanol–water partition coefficient (Wildman–Crippen LogP) is 4.20. The number of hydrogen-bond acceptors (Lipinski definition) is 2. The molecule has 1 aliphatic heterocycles. The minimum absolute atomic E-state index is 0.909. The molecule has 0 fully saturated rings. The highest BCUT2D eigenvalue weighted by atomic mass is 15.1. The van der Waals surface area contributed by atoms with Crippen LogP contribution in [0.2, 0.25) is 0 Å². The normalized spacial score (nSPS) is 14.2. The van der Waals surface area contributed by atoms with Crippen molar-refractivity contribution in [2.24, 2.45) is 0 Å². The van der Waals surface area contributed by atoms with Gasteiger partial charge in [0.2, 0.25) is 0 Å². The summed E-state index contributed by atoms with van der Waals surface area (Å²) >= 11 is 0. The molecule has 3 rings (SSSR count). The van der Waals surface area contributed by atoms with Gasteiger partial charge in [-0.1, -0.05) is 44.2 Å². The summed E-state index contributed by atoms with van der Waals surface area (Å²) < 4.78 is 0. The molecular weight excluding hydrogens is 256 g/mol. The molecule has 1 aliphatic rings. The summed E-state index contributed by atoms with van der Waals surface area (Å²) in [5.41, 5.74) is 7.05. The Kier molecular flexibility index (Phi) is 4.26. The molecule has 0 unspecified atom stereocenters. The molecule has 0 aliphatic carbocycles. The minimum atomic E-state index is 0.909. The molecule has 0 saturated carbocycles. The van der Waals surface area contributed by atoms with Crippen molar-refractivity contribution >= 4 is 5.69 Å². The smallest absolute Gasteiger partial charge is 0.0404 e. The van der Waals surface area contributed by atoms with Gasteiger partial charge in [0, 0.05) is 25.3 Å². The van der Waals surface area contributed by atoms with E-state index in [1.807, 2.05) is 0 Å². The summed E-state index contributed by atoms with van der Waals surface area (Å²) in [4.78, 5) is 2.49. The molecule has 0 saturated heterocycles. The van der Waals surface area contributed by atoms with Gasteiger partial charge in [-0.05, 0) is 47.4 Å². The van der Waals surface area contributed by atoms with Gasteiger partial charge in [0.15, 0.2) is 0 Å². The van der Waals surface area contributed by atoms with Gasteiger partial charge < -0.3 is 5.32 Å². The second-order valence-electron chi connectivity index (χ2n) is 5.76. The summed E-state index contributed by atoms with van der Waals surface area (Å²) in [7, 11) is 0. The van der Waals surface area contributed by atoms with Crippen molar-refractivity contribution in [3.05, 3.63) is 64.7 Å². The highest BCUT2D eigenvalue weighted by Gasteiger charge is 2.19. The SMILES string of the molecule is CCc1ccc(NCc2cccc3c2CN(CC)C3)cc1. The molecule has 1 heterocycles. The second kappa shape index (κ2) is 6.31. The van der Waals surface area contributed by atoms with Crippen LogP contribution in [0.15, 0.2) is 42.5 Å². The monoisotopic (exact) mass is 280 g/mol. The minimum Gasteiger partial charge on any atom is -0.381 e. The largest absolute Gasteiger partial charge is 0.381 e. The molecule has 2 aromatic rings. The third kappa shape index (κ3) is 3.11. The van der Waals surface area contributed by atoms with E-state index in [4.69, 9.17) is 0 Å². The van der Waals surface area contributed by atoms with Crippen molar-refractivity contribution in [2.75, 3.05) is 11.9 Å². The molecule has 2 aromatic carbocycles. The maximum atomic E-state index is 3.56. The average molecular weight is 280 g/mol. The third-order valence-electron chi connectivity index (χ3n) is 4.44. The Labute approximate surface area is 127 Å². The first-order chi connectivity index (χ1) is 10.3. The van der Waals surface area contributed by atoms with Crippen molar-refractivity contribution in [2.45, 2.75) is 39.9 Å². The van der Waals surface area contributed by atoms with E-state index >= 15 is 0 Å². The number of anilines is 1. The Morgan fingerprint density at radius 3 is 2.52 bits per heavy atom. The van der Waals surface area contributed by atoms with Crippen LogP contribution < -0.4 is 5.32 Å². The van der Waals surface area contributed by atoms with Crippen LogP contribution in [0.1, 0.15) is 36.1 Å². The van der Waals surface area contributed by atoms with Crippen LogP contribution in [0.3, 0.4) is 0 Å². The molecular formula is C19H24N2. The maximum Gasteiger partial charge on any atom is 0.0404 e. The van der Waals surface area contributed by atoms with E-state index in [9.17, 15) is 0 Å². The molecule has 21 heavy (non-hydrogen) atoms. The molecule has 0 aromatic heterocycles. The van der Waals surface area contributed by atoms with Crippen molar-refractivity contribution in [1.29, 1.82) is 0 Å². The molecule has 110 valence electrons. The Hall–Kier alpha value is -1.80. The average Bonchev–Trinajstić information content (AvgIpc) is 2.97. The van der Waals surface area contributed by atoms with Crippen LogP contribution in [-0.2, 0) is 26.1 Å². The van der Waals surface area contributed by atoms with Gasteiger partial charge in [-0.3, -0.25) is 4.90 Å². The first-order valence-corrected chi connectivity index (χ1v) is 7.95. The summed E-state index contributed by atoms with van der Waals surface area (Å²) in [6.45, 7) is 8.66. The summed E-state index contributed by atoms with van der Waals surface area (Å²) in [5.74, 6) is 0. The summed E-state index contributed by atoms with van der Waals surface area (Å²) in [6.07, 6.45) is 1.10. The standard InChI is InChI=1S/C19H24N2/c1-3-15-8-10-18(11-9-15)20-12-16-6-5-7-17-13-21(4-2)14-19(16)17/h5-11,20H,3-4,12-14H2,1-2H3. The molecule has 0 radical (unpaired) electrons. The van der Waals surface area contributed by atoms with Gasteiger partial charge in [0.1, 0.15) is 0 Å². The lowest BCUT2D eigenvalue weighted by Gasteiger charge is -2.12. The zero-order valence-electron chi connectivity index (χ0n) is 13.0. The topological polar surface area (TPSA) is 15.3 Å². The van der Waals surface area contributed by atoms with Crippen molar-refractivity contribution in [1.82, 2.24) is 4.90 Å². The number of hydrogen-bond donors (Lipinski definition) is 1. The zero-order valence-corrected chi connectivity index (χ0v) is 13.0. The lowest BCUT2D eigenvalue weighted by atomic mass is 10.0. The zero-order chi connectivity index (χ0) is 14.7. The maximum absolute atomic E-state index is 3.56. The van der Waals surface area contributed by atoms with Gasteiger partial charge in [-0.15, -0.1) is 0 Å². The lowest BCUT2D eigenvalue weighted by Crippen LogP contribution is -2.15. The molecule has 2 nitrogen and oxygen atoms in total. The molecule has 0 bridgehead atoms. The number of fused-ring (bicyclic) bond motifs is 1. The highest BCUT2D eigenvalue weighted by molar-refractivity contribution is 5.47. The fourth-order valence-corrected chi connectivity index (χ4v) is 3.00. The van der Waals surface area contributed by atoms with Crippen LogP contribution in [-0.4, -0.2) is 11.4 Å².